The molecule has 2 rings (SSSR count). The molecule has 0 spiro atoms. The lowest BCUT2D eigenvalue weighted by molar-refractivity contribution is -0.931. The summed E-state index contributed by atoms with van der Waals surface area (Å²) in [6.07, 6.45) is 6.22. The lowest BCUT2D eigenvalue weighted by atomic mass is 9.88. The van der Waals surface area contributed by atoms with Gasteiger partial charge in [0.05, 0.1) is 26.2 Å². The van der Waals surface area contributed by atoms with E-state index in [1.807, 2.05) is 11.8 Å². The molecule has 0 radical (unpaired) electrons. The van der Waals surface area contributed by atoms with Crippen molar-refractivity contribution in [2.75, 3.05) is 32.4 Å². The van der Waals surface area contributed by atoms with Gasteiger partial charge < -0.3 is 4.48 Å². The number of likely N-dealkylation sites (tertiary alicyclic amines) is 1. The minimum Gasteiger partial charge on any atom is -0.324 e. The summed E-state index contributed by atoms with van der Waals surface area (Å²) in [5.74, 6) is 0.793. The Labute approximate surface area is 123 Å². The Hall–Kier alpha value is -0.470. The highest BCUT2D eigenvalue weighted by molar-refractivity contribution is 7.98. The standard InChI is InChI=1S/C17H28NS/c1-4-11-18(5-2)12-9-15(10-13-18)16-7-6-8-17(14-16)19-3/h6-8,14-15H,4-5,9-13H2,1-3H3/q+1. The summed E-state index contributed by atoms with van der Waals surface area (Å²) in [5.41, 5.74) is 1.57. The van der Waals surface area contributed by atoms with Gasteiger partial charge in [0.1, 0.15) is 0 Å². The fourth-order valence-electron chi connectivity index (χ4n) is 3.52. The fraction of sp³-hybridized carbons (Fsp3) is 0.647. The van der Waals surface area contributed by atoms with Crippen molar-refractivity contribution in [3.05, 3.63) is 29.8 Å². The van der Waals surface area contributed by atoms with Gasteiger partial charge in [-0.15, -0.1) is 11.8 Å². The molecule has 0 N–H and O–H groups in total. The molecule has 0 aliphatic carbocycles. The third-order valence-electron chi connectivity index (χ3n) is 4.84. The van der Waals surface area contributed by atoms with Crippen LogP contribution in [0.5, 0.6) is 0 Å². The maximum absolute atomic E-state index is 2.40. The van der Waals surface area contributed by atoms with Crippen molar-refractivity contribution in [2.24, 2.45) is 0 Å². The second-order valence-corrected chi connectivity index (χ2v) is 6.76. The Balaban J connectivity index is 2.02. The first-order chi connectivity index (χ1) is 9.23. The zero-order valence-corrected chi connectivity index (χ0v) is 13.5. The van der Waals surface area contributed by atoms with Crippen LogP contribution in [-0.2, 0) is 0 Å². The van der Waals surface area contributed by atoms with Crippen LogP contribution in [0.2, 0.25) is 0 Å². The van der Waals surface area contributed by atoms with Crippen molar-refractivity contribution < 1.29 is 4.48 Å². The van der Waals surface area contributed by atoms with Gasteiger partial charge in [-0.3, -0.25) is 0 Å². The lowest BCUT2D eigenvalue weighted by Crippen LogP contribution is -2.52. The molecule has 2 heteroatoms. The average Bonchev–Trinajstić information content (AvgIpc) is 2.48. The van der Waals surface area contributed by atoms with Crippen LogP contribution in [0, 0.1) is 0 Å². The second-order valence-electron chi connectivity index (χ2n) is 5.88. The SMILES string of the molecule is CCC[N+]1(CC)CCC(c2cccc(SC)c2)CC1. The molecule has 106 valence electrons. The third-order valence-corrected chi connectivity index (χ3v) is 5.56. The van der Waals surface area contributed by atoms with Crippen LogP contribution < -0.4 is 0 Å². The molecule has 0 atom stereocenters. The van der Waals surface area contributed by atoms with Gasteiger partial charge in [-0.25, -0.2) is 0 Å². The van der Waals surface area contributed by atoms with Gasteiger partial charge in [0.2, 0.25) is 0 Å². The van der Waals surface area contributed by atoms with Crippen molar-refractivity contribution in [1.82, 2.24) is 0 Å². The molecular formula is C17H28NS+. The maximum atomic E-state index is 2.40. The quantitative estimate of drug-likeness (QED) is 0.563. The summed E-state index contributed by atoms with van der Waals surface area (Å²) >= 11 is 1.86. The van der Waals surface area contributed by atoms with Crippen LogP contribution in [0.25, 0.3) is 0 Å². The van der Waals surface area contributed by atoms with E-state index < -0.39 is 0 Å². The molecule has 1 heterocycles. The number of rotatable bonds is 5. The van der Waals surface area contributed by atoms with Gasteiger partial charge in [0.15, 0.2) is 0 Å². The van der Waals surface area contributed by atoms with Crippen LogP contribution in [0.1, 0.15) is 44.6 Å². The monoisotopic (exact) mass is 278 g/mol. The van der Waals surface area contributed by atoms with E-state index in [-0.39, 0.29) is 0 Å². The fourth-order valence-corrected chi connectivity index (χ4v) is 3.99. The molecule has 1 nitrogen and oxygen atoms in total. The summed E-state index contributed by atoms with van der Waals surface area (Å²) in [5, 5.41) is 0. The molecule has 0 unspecified atom stereocenters. The van der Waals surface area contributed by atoms with Crippen molar-refractivity contribution in [3.63, 3.8) is 0 Å². The van der Waals surface area contributed by atoms with E-state index in [2.05, 4.69) is 44.4 Å². The van der Waals surface area contributed by atoms with Crippen LogP contribution in [0.4, 0.5) is 0 Å². The number of benzene rings is 1. The van der Waals surface area contributed by atoms with Crippen molar-refractivity contribution in [3.8, 4) is 0 Å². The summed E-state index contributed by atoms with van der Waals surface area (Å²) < 4.78 is 1.36. The van der Waals surface area contributed by atoms with Gasteiger partial charge in [0, 0.05) is 17.7 Å². The van der Waals surface area contributed by atoms with Gasteiger partial charge in [-0.2, -0.15) is 0 Å². The van der Waals surface area contributed by atoms with E-state index in [4.69, 9.17) is 0 Å². The smallest absolute Gasteiger partial charge is 0.0792 e. The van der Waals surface area contributed by atoms with E-state index in [9.17, 15) is 0 Å². The maximum Gasteiger partial charge on any atom is 0.0792 e. The molecule has 0 amide bonds. The molecule has 1 aliphatic heterocycles. The first kappa shape index (κ1) is 14.9. The van der Waals surface area contributed by atoms with Crippen LogP contribution in [-0.4, -0.2) is 36.9 Å². The molecule has 19 heavy (non-hydrogen) atoms. The Morgan fingerprint density at radius 2 is 1.95 bits per heavy atom. The largest absolute Gasteiger partial charge is 0.324 e. The molecule has 0 aromatic heterocycles. The topological polar surface area (TPSA) is 0 Å². The van der Waals surface area contributed by atoms with Crippen molar-refractivity contribution in [1.29, 1.82) is 0 Å². The first-order valence-electron chi connectivity index (χ1n) is 7.72. The normalized spacial score (nSPS) is 27.4. The lowest BCUT2D eigenvalue weighted by Gasteiger charge is -2.43. The minimum atomic E-state index is 0.793. The highest BCUT2D eigenvalue weighted by atomic mass is 32.2. The van der Waals surface area contributed by atoms with E-state index >= 15 is 0 Å². The molecule has 1 fully saturated rings. The van der Waals surface area contributed by atoms with E-state index in [0.717, 1.165) is 5.92 Å². The molecule has 1 aromatic carbocycles. The van der Waals surface area contributed by atoms with E-state index in [1.165, 1.54) is 54.8 Å². The molecule has 1 aliphatic rings. The Bertz CT molecular complexity index is 394. The van der Waals surface area contributed by atoms with Gasteiger partial charge >= 0.3 is 0 Å². The number of quaternary nitrogens is 1. The Kier molecular flexibility index (Phi) is 5.35. The number of piperidine rings is 1. The summed E-state index contributed by atoms with van der Waals surface area (Å²) in [6, 6.07) is 9.18. The average molecular weight is 278 g/mol. The molecule has 0 bridgehead atoms. The van der Waals surface area contributed by atoms with Crippen LogP contribution >= 0.6 is 11.8 Å². The first-order valence-corrected chi connectivity index (χ1v) is 8.94. The van der Waals surface area contributed by atoms with E-state index in [1.54, 1.807) is 5.56 Å². The molecule has 1 saturated heterocycles. The van der Waals surface area contributed by atoms with Gasteiger partial charge in [-0.1, -0.05) is 19.1 Å². The predicted octanol–water partition coefficient (Wildman–Crippen LogP) is 4.53. The third kappa shape index (κ3) is 3.55. The number of hydrogen-bond donors (Lipinski definition) is 0. The Morgan fingerprint density at radius 1 is 1.21 bits per heavy atom. The summed E-state index contributed by atoms with van der Waals surface area (Å²) in [7, 11) is 0. The zero-order valence-electron chi connectivity index (χ0n) is 12.7. The van der Waals surface area contributed by atoms with E-state index in [0.29, 0.717) is 0 Å². The number of hydrogen-bond acceptors (Lipinski definition) is 1. The Morgan fingerprint density at radius 3 is 2.53 bits per heavy atom. The van der Waals surface area contributed by atoms with Crippen LogP contribution in [0.15, 0.2) is 29.2 Å². The summed E-state index contributed by atoms with van der Waals surface area (Å²) in [6.45, 7) is 10.1. The molecule has 1 aromatic rings. The number of nitrogens with zero attached hydrogens (tertiary/aromatic N) is 1. The summed E-state index contributed by atoms with van der Waals surface area (Å²) in [4.78, 5) is 1.41. The van der Waals surface area contributed by atoms with Crippen molar-refractivity contribution in [2.45, 2.75) is 43.9 Å². The van der Waals surface area contributed by atoms with Crippen LogP contribution in [0.3, 0.4) is 0 Å². The molecule has 0 saturated carbocycles. The predicted molar refractivity (Wildman–Crippen MR) is 85.9 cm³/mol. The van der Waals surface area contributed by atoms with Gasteiger partial charge in [-0.05, 0) is 43.2 Å². The minimum absolute atomic E-state index is 0.793. The van der Waals surface area contributed by atoms with Crippen molar-refractivity contribution >= 4 is 11.8 Å². The zero-order chi connectivity index (χ0) is 13.7. The highest BCUT2D eigenvalue weighted by Crippen LogP contribution is 2.33. The van der Waals surface area contributed by atoms with Gasteiger partial charge in [0.25, 0.3) is 0 Å². The number of thioether (sulfide) groups is 1. The molecular weight excluding hydrogens is 250 g/mol. The second kappa shape index (κ2) is 6.81. The highest BCUT2D eigenvalue weighted by Gasteiger charge is 2.32.